The Balaban J connectivity index is 1.88. The number of carbonyl (C=O) groups is 2. The number of hydrogen-bond donors (Lipinski definition) is 3. The van der Waals surface area contributed by atoms with Gasteiger partial charge in [-0.2, -0.15) is 0 Å². The zero-order valence-electron chi connectivity index (χ0n) is 10.6. The maximum absolute atomic E-state index is 13.5. The Labute approximate surface area is 123 Å². The lowest BCUT2D eigenvalue weighted by Gasteiger charge is -2.36. The van der Waals surface area contributed by atoms with Crippen LogP contribution in [0.4, 0.5) is 10.1 Å². The van der Waals surface area contributed by atoms with Crippen LogP contribution in [0.1, 0.15) is 19.3 Å². The maximum atomic E-state index is 13.5. The van der Waals surface area contributed by atoms with Gasteiger partial charge in [0.25, 0.3) is 0 Å². The molecule has 0 radical (unpaired) electrons. The minimum absolute atomic E-state index is 0.0298. The smallest absolute Gasteiger partial charge is 0.313 e. The summed E-state index contributed by atoms with van der Waals surface area (Å²) < 4.78 is 14.0. The largest absolute Gasteiger partial charge is 0.388 e. The first kappa shape index (κ1) is 14.9. The topological polar surface area (TPSA) is 78.4 Å². The Morgan fingerprint density at radius 3 is 2.60 bits per heavy atom. The second-order valence-electron chi connectivity index (χ2n) is 4.84. The number of amides is 2. The second kappa shape index (κ2) is 5.88. The Bertz CT molecular complexity index is 546. The Kier molecular flexibility index (Phi) is 4.39. The highest BCUT2D eigenvalue weighted by Gasteiger charge is 2.35. The lowest BCUT2D eigenvalue weighted by atomic mass is 9.80. The van der Waals surface area contributed by atoms with Gasteiger partial charge in [0.15, 0.2) is 0 Å². The SMILES string of the molecule is O=C(NCC1(O)CCC1)C(=O)Nc1ccc(Br)cc1F. The summed E-state index contributed by atoms with van der Waals surface area (Å²) in [6.07, 6.45) is 2.12. The van der Waals surface area contributed by atoms with E-state index in [1.165, 1.54) is 12.1 Å². The lowest BCUT2D eigenvalue weighted by Crippen LogP contribution is -2.49. The van der Waals surface area contributed by atoms with Crippen LogP contribution in [0.2, 0.25) is 0 Å². The molecule has 108 valence electrons. The molecule has 3 N–H and O–H groups in total. The molecular weight excluding hydrogens is 331 g/mol. The van der Waals surface area contributed by atoms with Gasteiger partial charge in [-0.1, -0.05) is 15.9 Å². The number of aliphatic hydroxyl groups is 1. The highest BCUT2D eigenvalue weighted by molar-refractivity contribution is 9.10. The van der Waals surface area contributed by atoms with Crippen LogP contribution in [0, 0.1) is 5.82 Å². The monoisotopic (exact) mass is 344 g/mol. The molecule has 0 aliphatic heterocycles. The van der Waals surface area contributed by atoms with Crippen molar-refractivity contribution in [2.24, 2.45) is 0 Å². The molecule has 1 aromatic carbocycles. The number of hydrogen-bond acceptors (Lipinski definition) is 3. The molecule has 0 bridgehead atoms. The molecule has 1 fully saturated rings. The van der Waals surface area contributed by atoms with E-state index in [2.05, 4.69) is 26.6 Å². The number of halogens is 2. The predicted octanol–water partition coefficient (Wildman–Crippen LogP) is 1.56. The van der Waals surface area contributed by atoms with Gasteiger partial charge in [0.2, 0.25) is 0 Å². The number of nitrogens with one attached hydrogen (secondary N) is 2. The van der Waals surface area contributed by atoms with Crippen LogP contribution in [0.25, 0.3) is 0 Å². The zero-order valence-corrected chi connectivity index (χ0v) is 12.2. The van der Waals surface area contributed by atoms with Crippen molar-refractivity contribution in [3.05, 3.63) is 28.5 Å². The molecule has 2 rings (SSSR count). The standard InChI is InChI=1S/C13H14BrFN2O3/c14-8-2-3-10(9(15)6-8)17-12(19)11(18)16-7-13(20)4-1-5-13/h2-3,6,20H,1,4-5,7H2,(H,16,18)(H,17,19). The molecule has 1 saturated carbocycles. The summed E-state index contributed by atoms with van der Waals surface area (Å²) in [5.74, 6) is -2.50. The van der Waals surface area contributed by atoms with Crippen LogP contribution in [0.5, 0.6) is 0 Å². The first-order valence-corrected chi connectivity index (χ1v) is 6.96. The number of anilines is 1. The third kappa shape index (κ3) is 3.55. The summed E-state index contributed by atoms with van der Waals surface area (Å²) in [5, 5.41) is 14.3. The summed E-state index contributed by atoms with van der Waals surface area (Å²) in [6, 6.07) is 4.09. The summed E-state index contributed by atoms with van der Waals surface area (Å²) in [4.78, 5) is 23.1. The van der Waals surface area contributed by atoms with Gasteiger partial charge < -0.3 is 15.7 Å². The van der Waals surface area contributed by atoms with Crippen molar-refractivity contribution >= 4 is 33.4 Å². The first-order chi connectivity index (χ1) is 9.39. The molecular formula is C13H14BrFN2O3. The van der Waals surface area contributed by atoms with Gasteiger partial charge >= 0.3 is 11.8 Å². The fourth-order valence-corrected chi connectivity index (χ4v) is 2.19. The quantitative estimate of drug-likeness (QED) is 0.728. The Hall–Kier alpha value is -1.47. The average Bonchev–Trinajstić information content (AvgIpc) is 2.36. The molecule has 1 aliphatic rings. The van der Waals surface area contributed by atoms with E-state index in [0.29, 0.717) is 17.3 Å². The molecule has 0 heterocycles. The number of carbonyl (C=O) groups excluding carboxylic acids is 2. The van der Waals surface area contributed by atoms with Gasteiger partial charge in [-0.25, -0.2) is 4.39 Å². The van der Waals surface area contributed by atoms with E-state index >= 15 is 0 Å². The maximum Gasteiger partial charge on any atom is 0.313 e. The van der Waals surface area contributed by atoms with Crippen LogP contribution in [0.3, 0.4) is 0 Å². The summed E-state index contributed by atoms with van der Waals surface area (Å²) in [5.41, 5.74) is -0.977. The van der Waals surface area contributed by atoms with Gasteiger partial charge in [-0.05, 0) is 37.5 Å². The third-order valence-corrected chi connectivity index (χ3v) is 3.74. The van der Waals surface area contributed by atoms with Crippen molar-refractivity contribution in [2.45, 2.75) is 24.9 Å². The molecule has 5 nitrogen and oxygen atoms in total. The van der Waals surface area contributed by atoms with Crippen molar-refractivity contribution in [3.8, 4) is 0 Å². The summed E-state index contributed by atoms with van der Waals surface area (Å²) in [6.45, 7) is 0.0298. The molecule has 1 aliphatic carbocycles. The average molecular weight is 345 g/mol. The minimum atomic E-state index is -0.964. The second-order valence-corrected chi connectivity index (χ2v) is 5.75. The van der Waals surface area contributed by atoms with E-state index in [-0.39, 0.29) is 12.2 Å². The van der Waals surface area contributed by atoms with Gasteiger partial charge in [0.1, 0.15) is 5.82 Å². The molecule has 7 heteroatoms. The lowest BCUT2D eigenvalue weighted by molar-refractivity contribution is -0.137. The Morgan fingerprint density at radius 1 is 1.35 bits per heavy atom. The summed E-state index contributed by atoms with van der Waals surface area (Å²) in [7, 11) is 0. The van der Waals surface area contributed by atoms with Gasteiger partial charge in [-0.15, -0.1) is 0 Å². The fourth-order valence-electron chi connectivity index (χ4n) is 1.86. The normalized spacial score (nSPS) is 16.1. The molecule has 20 heavy (non-hydrogen) atoms. The van der Waals surface area contributed by atoms with Crippen molar-refractivity contribution in [1.82, 2.24) is 5.32 Å². The summed E-state index contributed by atoms with van der Waals surface area (Å²) >= 11 is 3.09. The molecule has 0 unspecified atom stereocenters. The zero-order chi connectivity index (χ0) is 14.8. The third-order valence-electron chi connectivity index (χ3n) is 3.25. The van der Waals surface area contributed by atoms with Crippen molar-refractivity contribution < 1.29 is 19.1 Å². The van der Waals surface area contributed by atoms with Crippen molar-refractivity contribution in [1.29, 1.82) is 0 Å². The molecule has 0 atom stereocenters. The highest BCUT2D eigenvalue weighted by Crippen LogP contribution is 2.30. The van der Waals surface area contributed by atoms with Crippen LogP contribution in [-0.2, 0) is 9.59 Å². The molecule has 1 aromatic rings. The van der Waals surface area contributed by atoms with E-state index in [1.807, 2.05) is 0 Å². The predicted molar refractivity (Wildman–Crippen MR) is 74.5 cm³/mol. The minimum Gasteiger partial charge on any atom is -0.388 e. The van der Waals surface area contributed by atoms with Crippen molar-refractivity contribution in [2.75, 3.05) is 11.9 Å². The number of rotatable bonds is 3. The van der Waals surface area contributed by atoms with Gasteiger partial charge in [0, 0.05) is 11.0 Å². The number of benzene rings is 1. The highest BCUT2D eigenvalue weighted by atomic mass is 79.9. The van der Waals surface area contributed by atoms with Crippen LogP contribution < -0.4 is 10.6 Å². The van der Waals surface area contributed by atoms with Crippen molar-refractivity contribution in [3.63, 3.8) is 0 Å². The van der Waals surface area contributed by atoms with Crippen LogP contribution in [0.15, 0.2) is 22.7 Å². The fraction of sp³-hybridized carbons (Fsp3) is 0.385. The van der Waals surface area contributed by atoms with Crippen LogP contribution >= 0.6 is 15.9 Å². The Morgan fingerprint density at radius 2 is 2.05 bits per heavy atom. The first-order valence-electron chi connectivity index (χ1n) is 6.16. The van der Waals surface area contributed by atoms with E-state index in [1.54, 1.807) is 6.07 Å². The van der Waals surface area contributed by atoms with E-state index in [4.69, 9.17) is 0 Å². The molecule has 0 spiro atoms. The molecule has 0 aromatic heterocycles. The van der Waals surface area contributed by atoms with Crippen LogP contribution in [-0.4, -0.2) is 29.1 Å². The van der Waals surface area contributed by atoms with E-state index < -0.39 is 23.2 Å². The van der Waals surface area contributed by atoms with Gasteiger partial charge in [-0.3, -0.25) is 9.59 Å². The molecule has 2 amide bonds. The van der Waals surface area contributed by atoms with Gasteiger partial charge in [0.05, 0.1) is 11.3 Å². The molecule has 0 saturated heterocycles. The van der Waals surface area contributed by atoms with E-state index in [0.717, 1.165) is 6.42 Å². The van der Waals surface area contributed by atoms with E-state index in [9.17, 15) is 19.1 Å².